The summed E-state index contributed by atoms with van der Waals surface area (Å²) in [6.45, 7) is 1.01. The van der Waals surface area contributed by atoms with Gasteiger partial charge in [0.15, 0.2) is 0 Å². The predicted octanol–water partition coefficient (Wildman–Crippen LogP) is 1.33. The summed E-state index contributed by atoms with van der Waals surface area (Å²) in [7, 11) is 2.51. The lowest BCUT2D eigenvalue weighted by Gasteiger charge is -2.20. The van der Waals surface area contributed by atoms with Crippen LogP contribution in [0.4, 0.5) is 0 Å². The molecule has 0 heterocycles. The normalized spacial score (nSPS) is 11.9. The molecule has 120 valence electrons. The molecule has 0 fully saturated rings. The van der Waals surface area contributed by atoms with E-state index in [1.165, 1.54) is 31.6 Å². The van der Waals surface area contributed by atoms with Crippen LogP contribution in [0.1, 0.15) is 5.56 Å². The zero-order chi connectivity index (χ0) is 16.0. The van der Waals surface area contributed by atoms with Gasteiger partial charge in [-0.25, -0.2) is 8.42 Å². The van der Waals surface area contributed by atoms with Crippen LogP contribution in [0, 0.1) is 0 Å². The number of methoxy groups -OCH3 is 2. The maximum atomic E-state index is 12.6. The van der Waals surface area contributed by atoms with E-state index in [1.54, 1.807) is 13.1 Å². The van der Waals surface area contributed by atoms with E-state index in [9.17, 15) is 8.42 Å². The summed E-state index contributed by atoms with van der Waals surface area (Å²) in [5.74, 6) is 0.304. The third kappa shape index (κ3) is 4.31. The molecule has 8 heteroatoms. The highest BCUT2D eigenvalue weighted by Gasteiger charge is 2.27. The quantitative estimate of drug-likeness (QED) is 0.776. The molecule has 0 radical (unpaired) electrons. The minimum atomic E-state index is -3.70. The second kappa shape index (κ2) is 7.95. The van der Waals surface area contributed by atoms with Crippen molar-refractivity contribution in [1.82, 2.24) is 9.62 Å². The van der Waals surface area contributed by atoms with Crippen molar-refractivity contribution in [3.05, 3.63) is 22.7 Å². The van der Waals surface area contributed by atoms with Crippen molar-refractivity contribution < 1.29 is 17.9 Å². The Bertz CT molecular complexity index is 578. The molecule has 0 aromatic heterocycles. The highest BCUT2D eigenvalue weighted by atomic mass is 35.5. The van der Waals surface area contributed by atoms with E-state index in [0.29, 0.717) is 29.5 Å². The number of ether oxygens (including phenoxy) is 2. The van der Waals surface area contributed by atoms with Crippen molar-refractivity contribution in [3.8, 4) is 5.75 Å². The van der Waals surface area contributed by atoms with Gasteiger partial charge in [0.05, 0.1) is 13.7 Å². The first-order valence-electron chi connectivity index (χ1n) is 6.34. The Morgan fingerprint density at radius 1 is 1.33 bits per heavy atom. The van der Waals surface area contributed by atoms with Crippen LogP contribution in [0.15, 0.2) is 17.0 Å². The van der Waals surface area contributed by atoms with Gasteiger partial charge in [-0.3, -0.25) is 0 Å². The molecule has 0 atom stereocenters. The monoisotopic (exact) mass is 336 g/mol. The molecule has 1 N–H and O–H groups in total. The summed E-state index contributed by atoms with van der Waals surface area (Å²) in [6.07, 6.45) is 0. The highest BCUT2D eigenvalue weighted by molar-refractivity contribution is 7.89. The average molecular weight is 337 g/mol. The third-order valence-corrected chi connectivity index (χ3v) is 5.05. The Morgan fingerprint density at radius 2 is 2.00 bits per heavy atom. The van der Waals surface area contributed by atoms with Gasteiger partial charge >= 0.3 is 0 Å². The van der Waals surface area contributed by atoms with E-state index in [1.807, 2.05) is 0 Å². The standard InChI is InChI=1S/C13H21ClN2O4S/c1-15-9-10-7-11(14)8-12(13(10)20-4)21(17,18)16(2)5-6-19-3/h7-8,15H,5-6,9H2,1-4H3. The van der Waals surface area contributed by atoms with Crippen LogP contribution in [0.25, 0.3) is 0 Å². The van der Waals surface area contributed by atoms with Crippen LogP contribution < -0.4 is 10.1 Å². The maximum absolute atomic E-state index is 12.6. The van der Waals surface area contributed by atoms with Gasteiger partial charge in [0.2, 0.25) is 10.0 Å². The van der Waals surface area contributed by atoms with Crippen LogP contribution in [0.5, 0.6) is 5.75 Å². The van der Waals surface area contributed by atoms with Gasteiger partial charge in [-0.2, -0.15) is 4.31 Å². The second-order valence-electron chi connectivity index (χ2n) is 4.45. The molecule has 1 aromatic carbocycles. The summed E-state index contributed by atoms with van der Waals surface area (Å²) >= 11 is 6.04. The number of nitrogens with one attached hydrogen (secondary N) is 1. The molecular formula is C13H21ClN2O4S. The van der Waals surface area contributed by atoms with Crippen molar-refractivity contribution in [1.29, 1.82) is 0 Å². The van der Waals surface area contributed by atoms with Crippen LogP contribution >= 0.6 is 11.6 Å². The van der Waals surface area contributed by atoms with E-state index in [0.717, 1.165) is 0 Å². The van der Waals surface area contributed by atoms with Crippen molar-refractivity contribution in [2.45, 2.75) is 11.4 Å². The first-order chi connectivity index (χ1) is 9.88. The first-order valence-corrected chi connectivity index (χ1v) is 8.16. The van der Waals surface area contributed by atoms with E-state index >= 15 is 0 Å². The largest absolute Gasteiger partial charge is 0.495 e. The Labute approximate surface area is 131 Å². The number of hydrogen-bond acceptors (Lipinski definition) is 5. The first kappa shape index (κ1) is 18.2. The van der Waals surface area contributed by atoms with Crippen LogP contribution in [0.2, 0.25) is 5.02 Å². The molecule has 6 nitrogen and oxygen atoms in total. The number of sulfonamides is 1. The molecule has 0 aliphatic rings. The minimum Gasteiger partial charge on any atom is -0.495 e. The van der Waals surface area contributed by atoms with Gasteiger partial charge in [0.1, 0.15) is 10.6 Å². The molecule has 0 saturated carbocycles. The molecule has 0 bridgehead atoms. The molecule has 1 rings (SSSR count). The number of hydrogen-bond donors (Lipinski definition) is 1. The molecule has 0 amide bonds. The van der Waals surface area contributed by atoms with Gasteiger partial charge in [0, 0.05) is 37.8 Å². The lowest BCUT2D eigenvalue weighted by Crippen LogP contribution is -2.30. The van der Waals surface area contributed by atoms with Crippen molar-refractivity contribution in [2.24, 2.45) is 0 Å². The van der Waals surface area contributed by atoms with E-state index < -0.39 is 10.0 Å². The van der Waals surface area contributed by atoms with Gasteiger partial charge in [-0.15, -0.1) is 0 Å². The van der Waals surface area contributed by atoms with Crippen LogP contribution in [-0.4, -0.2) is 54.2 Å². The van der Waals surface area contributed by atoms with Gasteiger partial charge < -0.3 is 14.8 Å². The van der Waals surface area contributed by atoms with Crippen LogP contribution in [-0.2, 0) is 21.3 Å². The Balaban J connectivity index is 3.33. The van der Waals surface area contributed by atoms with Crippen molar-refractivity contribution in [3.63, 3.8) is 0 Å². The Hall–Kier alpha value is -0.860. The number of likely N-dealkylation sites (N-methyl/N-ethyl adjacent to an activating group) is 1. The maximum Gasteiger partial charge on any atom is 0.246 e. The lowest BCUT2D eigenvalue weighted by atomic mass is 10.2. The smallest absolute Gasteiger partial charge is 0.246 e. The zero-order valence-electron chi connectivity index (χ0n) is 12.6. The summed E-state index contributed by atoms with van der Waals surface area (Å²) in [4.78, 5) is 0.0568. The predicted molar refractivity (Wildman–Crippen MR) is 82.5 cm³/mol. The molecule has 0 aliphatic carbocycles. The average Bonchev–Trinajstić information content (AvgIpc) is 2.44. The van der Waals surface area contributed by atoms with E-state index in [4.69, 9.17) is 21.1 Å². The molecule has 0 unspecified atom stereocenters. The van der Waals surface area contributed by atoms with Crippen molar-refractivity contribution >= 4 is 21.6 Å². The third-order valence-electron chi connectivity index (χ3n) is 2.97. The SMILES string of the molecule is CNCc1cc(Cl)cc(S(=O)(=O)N(C)CCOC)c1OC. The van der Waals surface area contributed by atoms with E-state index in [-0.39, 0.29) is 11.4 Å². The summed E-state index contributed by atoms with van der Waals surface area (Å²) in [5, 5.41) is 3.31. The fourth-order valence-electron chi connectivity index (χ4n) is 1.88. The number of halogens is 1. The Morgan fingerprint density at radius 3 is 2.52 bits per heavy atom. The molecule has 1 aromatic rings. The fraction of sp³-hybridized carbons (Fsp3) is 0.538. The van der Waals surface area contributed by atoms with Gasteiger partial charge in [-0.05, 0) is 19.2 Å². The highest BCUT2D eigenvalue weighted by Crippen LogP contribution is 2.33. The molecule has 0 saturated heterocycles. The zero-order valence-corrected chi connectivity index (χ0v) is 14.2. The lowest BCUT2D eigenvalue weighted by molar-refractivity contribution is 0.185. The van der Waals surface area contributed by atoms with E-state index in [2.05, 4.69) is 5.32 Å². The number of benzene rings is 1. The summed E-state index contributed by atoms with van der Waals surface area (Å²) < 4.78 is 36.7. The molecule has 0 spiro atoms. The molecule has 21 heavy (non-hydrogen) atoms. The minimum absolute atomic E-state index is 0.0568. The van der Waals surface area contributed by atoms with Crippen LogP contribution in [0.3, 0.4) is 0 Å². The van der Waals surface area contributed by atoms with Gasteiger partial charge in [-0.1, -0.05) is 11.6 Å². The van der Waals surface area contributed by atoms with Gasteiger partial charge in [0.25, 0.3) is 0 Å². The summed E-state index contributed by atoms with van der Waals surface area (Å²) in [5.41, 5.74) is 0.686. The number of nitrogens with zero attached hydrogens (tertiary/aromatic N) is 1. The topological polar surface area (TPSA) is 67.9 Å². The summed E-state index contributed by atoms with van der Waals surface area (Å²) in [6, 6.07) is 3.09. The number of rotatable bonds is 8. The molecular weight excluding hydrogens is 316 g/mol. The second-order valence-corrected chi connectivity index (χ2v) is 6.90. The molecule has 0 aliphatic heterocycles. The van der Waals surface area contributed by atoms with Crippen molar-refractivity contribution in [2.75, 3.05) is 41.5 Å². The fourth-order valence-corrected chi connectivity index (χ4v) is 3.56. The Kier molecular flexibility index (Phi) is 6.89.